The Morgan fingerprint density at radius 3 is 2.35 bits per heavy atom. The fourth-order valence-electron chi connectivity index (χ4n) is 3.02. The van der Waals surface area contributed by atoms with Crippen LogP contribution >= 0.6 is 0 Å². The molecule has 2 saturated carbocycles. The van der Waals surface area contributed by atoms with Crippen LogP contribution in [0.1, 0.15) is 57.8 Å². The highest BCUT2D eigenvalue weighted by molar-refractivity contribution is 5.72. The van der Waals surface area contributed by atoms with E-state index in [2.05, 4.69) is 0 Å². The fraction of sp³-hybridized carbons (Fsp3) is 0.929. The zero-order valence-corrected chi connectivity index (χ0v) is 10.8. The Morgan fingerprint density at radius 1 is 0.941 bits per heavy atom. The second-order valence-corrected chi connectivity index (χ2v) is 5.42. The highest BCUT2D eigenvalue weighted by atomic mass is 16.5. The lowest BCUT2D eigenvalue weighted by Gasteiger charge is -2.30. The maximum absolute atomic E-state index is 12.0. The van der Waals surface area contributed by atoms with E-state index >= 15 is 0 Å². The molecular weight excluding hydrogens is 216 g/mol. The average molecular weight is 240 g/mol. The molecule has 98 valence electrons. The van der Waals surface area contributed by atoms with Gasteiger partial charge in [0.2, 0.25) is 0 Å². The van der Waals surface area contributed by atoms with Crippen LogP contribution in [0.15, 0.2) is 0 Å². The van der Waals surface area contributed by atoms with Gasteiger partial charge in [-0.05, 0) is 32.1 Å². The molecule has 0 spiro atoms. The third-order valence-electron chi connectivity index (χ3n) is 4.13. The summed E-state index contributed by atoms with van der Waals surface area (Å²) in [4.78, 5) is 12.0. The first-order valence-electron chi connectivity index (χ1n) is 7.03. The average Bonchev–Trinajstić information content (AvgIpc) is 2.40. The van der Waals surface area contributed by atoms with Gasteiger partial charge in [-0.2, -0.15) is 0 Å². The van der Waals surface area contributed by atoms with Crippen LogP contribution in [-0.2, 0) is 14.3 Å². The van der Waals surface area contributed by atoms with Crippen molar-refractivity contribution in [3.63, 3.8) is 0 Å². The van der Waals surface area contributed by atoms with Crippen molar-refractivity contribution in [2.45, 2.75) is 70.0 Å². The highest BCUT2D eigenvalue weighted by Gasteiger charge is 2.28. The van der Waals surface area contributed by atoms with E-state index in [4.69, 9.17) is 9.47 Å². The van der Waals surface area contributed by atoms with Crippen molar-refractivity contribution in [2.75, 3.05) is 7.11 Å². The molecule has 0 aliphatic heterocycles. The molecule has 2 aliphatic rings. The van der Waals surface area contributed by atoms with Crippen LogP contribution in [0.2, 0.25) is 0 Å². The number of esters is 1. The zero-order valence-electron chi connectivity index (χ0n) is 10.8. The number of carbonyl (C=O) groups excluding carboxylic acids is 1. The molecule has 2 rings (SSSR count). The second-order valence-electron chi connectivity index (χ2n) is 5.42. The summed E-state index contributed by atoms with van der Waals surface area (Å²) in [6, 6.07) is 0. The van der Waals surface area contributed by atoms with Gasteiger partial charge in [0.25, 0.3) is 0 Å². The molecule has 2 fully saturated rings. The quantitative estimate of drug-likeness (QED) is 0.711. The minimum absolute atomic E-state index is 0.0476. The number of methoxy groups -OCH3 is 1. The van der Waals surface area contributed by atoms with Crippen molar-refractivity contribution in [1.82, 2.24) is 0 Å². The van der Waals surface area contributed by atoms with Crippen LogP contribution in [0.4, 0.5) is 0 Å². The largest absolute Gasteiger partial charge is 0.462 e. The maximum Gasteiger partial charge on any atom is 0.309 e. The zero-order chi connectivity index (χ0) is 12.1. The Bertz CT molecular complexity index is 246. The van der Waals surface area contributed by atoms with Crippen molar-refractivity contribution in [3.05, 3.63) is 0 Å². The Labute approximate surface area is 104 Å². The monoisotopic (exact) mass is 240 g/mol. The van der Waals surface area contributed by atoms with E-state index in [9.17, 15) is 4.79 Å². The van der Waals surface area contributed by atoms with Gasteiger partial charge in [0, 0.05) is 13.5 Å². The molecule has 0 aromatic heterocycles. The van der Waals surface area contributed by atoms with E-state index in [1.54, 1.807) is 7.11 Å². The lowest BCUT2D eigenvalue weighted by atomic mass is 9.89. The lowest BCUT2D eigenvalue weighted by molar-refractivity contribution is -0.158. The molecule has 0 aromatic carbocycles. The summed E-state index contributed by atoms with van der Waals surface area (Å²) in [5, 5.41) is 0. The van der Waals surface area contributed by atoms with Gasteiger partial charge in [-0.3, -0.25) is 4.79 Å². The first-order valence-corrected chi connectivity index (χ1v) is 7.03. The number of carbonyl (C=O) groups is 1. The Morgan fingerprint density at radius 2 is 1.65 bits per heavy atom. The summed E-state index contributed by atoms with van der Waals surface area (Å²) in [5.74, 6) is 0.220. The van der Waals surface area contributed by atoms with Crippen LogP contribution in [0.5, 0.6) is 0 Å². The summed E-state index contributed by atoms with van der Waals surface area (Å²) in [7, 11) is 1.75. The lowest BCUT2D eigenvalue weighted by Crippen LogP contribution is -2.32. The van der Waals surface area contributed by atoms with Crippen LogP contribution in [0, 0.1) is 5.92 Å². The standard InChI is InChI=1S/C14H24O3/c1-16-12-8-5-9-13(10-12)17-14(15)11-6-3-2-4-7-11/h11-13H,2-10H2,1H3. The molecule has 3 nitrogen and oxygen atoms in total. The van der Waals surface area contributed by atoms with Crippen LogP contribution in [0.25, 0.3) is 0 Å². The molecule has 0 amide bonds. The molecule has 0 bridgehead atoms. The summed E-state index contributed by atoms with van der Waals surface area (Å²) < 4.78 is 11.0. The molecule has 0 N–H and O–H groups in total. The van der Waals surface area contributed by atoms with Crippen molar-refractivity contribution in [3.8, 4) is 0 Å². The topological polar surface area (TPSA) is 35.5 Å². The third kappa shape index (κ3) is 3.70. The second kappa shape index (κ2) is 6.39. The van der Waals surface area contributed by atoms with Gasteiger partial charge in [-0.1, -0.05) is 19.3 Å². The van der Waals surface area contributed by atoms with E-state index in [1.807, 2.05) is 0 Å². The molecule has 2 atom stereocenters. The van der Waals surface area contributed by atoms with Crippen molar-refractivity contribution in [2.24, 2.45) is 5.92 Å². The molecule has 0 aromatic rings. The van der Waals surface area contributed by atoms with Crippen molar-refractivity contribution in [1.29, 1.82) is 0 Å². The number of hydrogen-bond acceptors (Lipinski definition) is 3. The Balaban J connectivity index is 1.77. The maximum atomic E-state index is 12.0. The summed E-state index contributed by atoms with van der Waals surface area (Å²) in [6.07, 6.45) is 10.2. The van der Waals surface area contributed by atoms with E-state index in [0.29, 0.717) is 0 Å². The van der Waals surface area contributed by atoms with Crippen molar-refractivity contribution < 1.29 is 14.3 Å². The molecule has 0 saturated heterocycles. The van der Waals surface area contributed by atoms with Gasteiger partial charge < -0.3 is 9.47 Å². The molecular formula is C14H24O3. The predicted octanol–water partition coefficient (Wildman–Crippen LogP) is 3.07. The molecule has 0 heterocycles. The molecule has 0 radical (unpaired) electrons. The van der Waals surface area contributed by atoms with Gasteiger partial charge in [-0.15, -0.1) is 0 Å². The smallest absolute Gasteiger partial charge is 0.309 e. The Kier molecular flexibility index (Phi) is 4.84. The first kappa shape index (κ1) is 12.9. The van der Waals surface area contributed by atoms with E-state index < -0.39 is 0 Å². The summed E-state index contributed by atoms with van der Waals surface area (Å²) >= 11 is 0. The third-order valence-corrected chi connectivity index (χ3v) is 4.13. The van der Waals surface area contributed by atoms with Gasteiger partial charge in [0.05, 0.1) is 12.0 Å². The molecule has 3 heteroatoms. The number of ether oxygens (including phenoxy) is 2. The van der Waals surface area contributed by atoms with Crippen LogP contribution in [0.3, 0.4) is 0 Å². The highest BCUT2D eigenvalue weighted by Crippen LogP contribution is 2.28. The van der Waals surface area contributed by atoms with Crippen molar-refractivity contribution >= 4 is 5.97 Å². The van der Waals surface area contributed by atoms with E-state index in [1.165, 1.54) is 19.3 Å². The number of rotatable bonds is 3. The normalized spacial score (nSPS) is 31.1. The van der Waals surface area contributed by atoms with Gasteiger partial charge in [-0.25, -0.2) is 0 Å². The fourth-order valence-corrected chi connectivity index (χ4v) is 3.02. The summed E-state index contributed by atoms with van der Waals surface area (Å²) in [6.45, 7) is 0. The minimum atomic E-state index is 0.0476. The molecule has 2 unspecified atom stereocenters. The summed E-state index contributed by atoms with van der Waals surface area (Å²) in [5.41, 5.74) is 0. The minimum Gasteiger partial charge on any atom is -0.462 e. The van der Waals surface area contributed by atoms with E-state index in [-0.39, 0.29) is 24.1 Å². The van der Waals surface area contributed by atoms with Gasteiger partial charge in [0.15, 0.2) is 0 Å². The Hall–Kier alpha value is -0.570. The molecule has 17 heavy (non-hydrogen) atoms. The SMILES string of the molecule is COC1CCCC(OC(=O)C2CCCCC2)C1. The van der Waals surface area contributed by atoms with Gasteiger partial charge in [0.1, 0.15) is 6.10 Å². The molecule has 2 aliphatic carbocycles. The van der Waals surface area contributed by atoms with Crippen LogP contribution in [-0.4, -0.2) is 25.3 Å². The first-order chi connectivity index (χ1) is 8.29. The number of hydrogen-bond donors (Lipinski definition) is 0. The van der Waals surface area contributed by atoms with Crippen LogP contribution < -0.4 is 0 Å². The predicted molar refractivity (Wildman–Crippen MR) is 65.7 cm³/mol. The van der Waals surface area contributed by atoms with E-state index in [0.717, 1.165) is 38.5 Å². The van der Waals surface area contributed by atoms with Gasteiger partial charge >= 0.3 is 5.97 Å².